The zero-order chi connectivity index (χ0) is 4.99. The molecule has 0 radical (unpaired) electrons. The van der Waals surface area contributed by atoms with E-state index in [0.29, 0.717) is 5.21 Å². The Morgan fingerprint density at radius 2 is 2.50 bits per heavy atom. The van der Waals surface area contributed by atoms with E-state index in [1.54, 1.807) is 0 Å². The number of rotatable bonds is 1. The highest BCUT2D eigenvalue weighted by Crippen LogP contribution is 2.00. The Labute approximate surface area is 46.1 Å². The van der Waals surface area contributed by atoms with Crippen molar-refractivity contribution in [2.75, 3.05) is 5.21 Å². The van der Waals surface area contributed by atoms with Crippen LogP contribution in [0.3, 0.4) is 0 Å². The quantitative estimate of drug-likeness (QED) is 0.493. The molecule has 0 aromatic carbocycles. The molecule has 3 heteroatoms. The summed E-state index contributed by atoms with van der Waals surface area (Å²) in [5.74, 6) is 0. The second-order valence-corrected chi connectivity index (χ2v) is 2.48. The maximum absolute atomic E-state index is 9.92. The fourth-order valence-electron chi connectivity index (χ4n) is 0.0768. The van der Waals surface area contributed by atoms with Crippen LogP contribution >= 0.6 is 23.4 Å². The predicted octanol–water partition coefficient (Wildman–Crippen LogP) is 1.46. The number of thioether (sulfide) groups is 1. The molecule has 0 amide bonds. The summed E-state index contributed by atoms with van der Waals surface area (Å²) in [6, 6.07) is 0. The van der Waals surface area contributed by atoms with Crippen molar-refractivity contribution in [2.45, 2.75) is 6.92 Å². The lowest BCUT2D eigenvalue weighted by molar-refractivity contribution is -0.109. The molecular formula is C3H5ClOS. The molecule has 0 rings (SSSR count). The zero-order valence-corrected chi connectivity index (χ0v) is 4.97. The molecule has 36 valence electrons. The fourth-order valence-corrected chi connectivity index (χ4v) is 0.691. The first-order valence-electron chi connectivity index (χ1n) is 1.46. The summed E-state index contributed by atoms with van der Waals surface area (Å²) in [5.41, 5.74) is 0. The van der Waals surface area contributed by atoms with E-state index >= 15 is 0 Å². The van der Waals surface area contributed by atoms with E-state index in [2.05, 4.69) is 0 Å². The van der Waals surface area contributed by atoms with E-state index < -0.39 is 0 Å². The largest absolute Gasteiger partial charge is 0.288 e. The Morgan fingerprint density at radius 3 is 2.50 bits per heavy atom. The van der Waals surface area contributed by atoms with Crippen LogP contribution in [0.2, 0.25) is 0 Å². The van der Waals surface area contributed by atoms with Crippen LogP contribution < -0.4 is 0 Å². The van der Waals surface area contributed by atoms with Crippen LogP contribution in [0.4, 0.5) is 0 Å². The zero-order valence-electron chi connectivity index (χ0n) is 3.40. The first-order chi connectivity index (χ1) is 2.77. The molecule has 0 heterocycles. The summed E-state index contributed by atoms with van der Waals surface area (Å²) < 4.78 is 0. The van der Waals surface area contributed by atoms with Crippen LogP contribution in [0, 0.1) is 0 Å². The third-order valence-electron chi connectivity index (χ3n) is 0.258. The second-order valence-electron chi connectivity index (χ2n) is 0.745. The maximum Gasteiger partial charge on any atom is 0.187 e. The summed E-state index contributed by atoms with van der Waals surface area (Å²) in [6.07, 6.45) is 0. The average molecular weight is 125 g/mol. The number of hydrogen-bond acceptors (Lipinski definition) is 2. The van der Waals surface area contributed by atoms with E-state index in [1.165, 1.54) is 6.92 Å². The van der Waals surface area contributed by atoms with Gasteiger partial charge in [-0.3, -0.25) is 4.79 Å². The molecule has 0 N–H and O–H groups in total. The topological polar surface area (TPSA) is 17.1 Å². The van der Waals surface area contributed by atoms with Gasteiger partial charge in [0.1, 0.15) is 0 Å². The second kappa shape index (κ2) is 3.50. The Balaban J connectivity index is 2.83. The lowest BCUT2D eigenvalue weighted by atomic mass is 10.9. The standard InChI is InChI=1S/C3H5ClOS/c1-3(5)6-2-4/h2H2,1H3. The highest BCUT2D eigenvalue weighted by molar-refractivity contribution is 8.14. The summed E-state index contributed by atoms with van der Waals surface area (Å²) in [7, 11) is 0. The van der Waals surface area contributed by atoms with Gasteiger partial charge >= 0.3 is 0 Å². The highest BCUT2D eigenvalue weighted by Gasteiger charge is 1.85. The summed E-state index contributed by atoms with van der Waals surface area (Å²) in [6.45, 7) is 1.49. The SMILES string of the molecule is CC(=O)SCCl. The van der Waals surface area contributed by atoms with Gasteiger partial charge in [0.05, 0.1) is 5.21 Å². The lowest BCUT2D eigenvalue weighted by Gasteiger charge is -1.79. The molecule has 0 aliphatic heterocycles. The van der Waals surface area contributed by atoms with Crippen LogP contribution in [0.1, 0.15) is 6.92 Å². The highest BCUT2D eigenvalue weighted by atomic mass is 35.5. The minimum absolute atomic E-state index is 0.0741. The van der Waals surface area contributed by atoms with Crippen LogP contribution in [0.5, 0.6) is 0 Å². The minimum atomic E-state index is 0.0741. The molecule has 0 aliphatic carbocycles. The molecule has 6 heavy (non-hydrogen) atoms. The van der Waals surface area contributed by atoms with Crippen molar-refractivity contribution in [2.24, 2.45) is 0 Å². The molecule has 0 saturated heterocycles. The van der Waals surface area contributed by atoms with Gasteiger partial charge in [0, 0.05) is 6.92 Å². The van der Waals surface area contributed by atoms with Gasteiger partial charge in [-0.1, -0.05) is 11.8 Å². The predicted molar refractivity (Wildman–Crippen MR) is 29.0 cm³/mol. The molecule has 0 aromatic rings. The van der Waals surface area contributed by atoms with Crippen molar-refractivity contribution in [1.29, 1.82) is 0 Å². The Kier molecular flexibility index (Phi) is 3.68. The van der Waals surface area contributed by atoms with Crippen LogP contribution in [-0.2, 0) is 4.79 Å². The molecule has 0 aliphatic rings. The molecule has 0 atom stereocenters. The van der Waals surface area contributed by atoms with Gasteiger partial charge in [0.25, 0.3) is 0 Å². The average Bonchev–Trinajstić information content (AvgIpc) is 1.35. The smallest absolute Gasteiger partial charge is 0.187 e. The van der Waals surface area contributed by atoms with Crippen LogP contribution in [0.15, 0.2) is 0 Å². The van der Waals surface area contributed by atoms with Crippen molar-refractivity contribution < 1.29 is 4.79 Å². The summed E-state index contributed by atoms with van der Waals surface area (Å²) in [4.78, 5) is 9.92. The molecule has 0 spiro atoms. The third kappa shape index (κ3) is 4.31. The molecular weight excluding hydrogens is 120 g/mol. The molecule has 0 bridgehead atoms. The number of hydrogen-bond donors (Lipinski definition) is 0. The van der Waals surface area contributed by atoms with Crippen LogP contribution in [0.25, 0.3) is 0 Å². The first-order valence-corrected chi connectivity index (χ1v) is 2.98. The lowest BCUT2D eigenvalue weighted by Crippen LogP contribution is -1.76. The van der Waals surface area contributed by atoms with Gasteiger partial charge in [-0.25, -0.2) is 0 Å². The van der Waals surface area contributed by atoms with E-state index in [4.69, 9.17) is 11.6 Å². The van der Waals surface area contributed by atoms with Gasteiger partial charge in [0.2, 0.25) is 0 Å². The first kappa shape index (κ1) is 6.31. The van der Waals surface area contributed by atoms with Gasteiger partial charge in [-0.2, -0.15) is 0 Å². The van der Waals surface area contributed by atoms with Crippen molar-refractivity contribution in [3.63, 3.8) is 0 Å². The van der Waals surface area contributed by atoms with E-state index in [1.807, 2.05) is 0 Å². The number of alkyl halides is 1. The third-order valence-corrected chi connectivity index (χ3v) is 1.10. The van der Waals surface area contributed by atoms with Gasteiger partial charge in [-0.05, 0) is 0 Å². The number of halogens is 1. The minimum Gasteiger partial charge on any atom is -0.288 e. The van der Waals surface area contributed by atoms with E-state index in [-0.39, 0.29) is 5.12 Å². The van der Waals surface area contributed by atoms with Crippen LogP contribution in [-0.4, -0.2) is 10.3 Å². The van der Waals surface area contributed by atoms with E-state index in [0.717, 1.165) is 11.8 Å². The van der Waals surface area contributed by atoms with Crippen molar-refractivity contribution in [1.82, 2.24) is 0 Å². The van der Waals surface area contributed by atoms with Gasteiger partial charge in [0.15, 0.2) is 5.12 Å². The summed E-state index contributed by atoms with van der Waals surface area (Å²) in [5, 5.41) is 0.444. The fraction of sp³-hybridized carbons (Fsp3) is 0.667. The maximum atomic E-state index is 9.92. The number of carbonyl (C=O) groups excluding carboxylic acids is 1. The molecule has 0 aromatic heterocycles. The van der Waals surface area contributed by atoms with Gasteiger partial charge < -0.3 is 0 Å². The van der Waals surface area contributed by atoms with Crippen molar-refractivity contribution in [3.8, 4) is 0 Å². The monoisotopic (exact) mass is 124 g/mol. The Hall–Kier alpha value is 0.310. The Bertz CT molecular complexity index is 54.8. The molecule has 0 fully saturated rings. The van der Waals surface area contributed by atoms with Crippen molar-refractivity contribution >= 4 is 28.5 Å². The molecule has 0 unspecified atom stereocenters. The van der Waals surface area contributed by atoms with E-state index in [9.17, 15) is 4.79 Å². The molecule has 0 saturated carbocycles. The van der Waals surface area contributed by atoms with Crippen molar-refractivity contribution in [3.05, 3.63) is 0 Å². The summed E-state index contributed by atoms with van der Waals surface area (Å²) >= 11 is 6.25. The molecule has 1 nitrogen and oxygen atoms in total. The Morgan fingerprint density at radius 1 is 2.00 bits per heavy atom. The normalized spacial score (nSPS) is 8.33. The van der Waals surface area contributed by atoms with Gasteiger partial charge in [-0.15, -0.1) is 11.6 Å². The number of carbonyl (C=O) groups is 1.